The van der Waals surface area contributed by atoms with Crippen molar-refractivity contribution in [1.82, 2.24) is 20.9 Å². The number of nitrogens with one attached hydrogen (secondary N) is 4. The average molecular weight is 1000 g/mol. The number of para-hydroxylation sites is 1. The number of hydrogen-bond donors (Lipinski definition) is 4. The molecule has 2 heterocycles. The smallest absolute Gasteiger partial charge is 0.418 e. The summed E-state index contributed by atoms with van der Waals surface area (Å²) in [6, 6.07) is 15.6. The number of aliphatic imine (C=N–C) groups is 1. The number of carbonyl (C=O) groups is 3. The van der Waals surface area contributed by atoms with Crippen molar-refractivity contribution in [3.8, 4) is 5.75 Å². The second-order valence-corrected chi connectivity index (χ2v) is 18.7. The van der Waals surface area contributed by atoms with Crippen LogP contribution in [0.15, 0.2) is 71.7 Å². The minimum absolute atomic E-state index is 0.0632. The number of methoxy groups -OCH3 is 1. The summed E-state index contributed by atoms with van der Waals surface area (Å²) < 4.78 is 61.3. The molecule has 16 heteroatoms. The maximum atomic E-state index is 14.8. The standard InChI is InChI=1S/C39H39F4I2N5O4S/c1-20(44)32(48-31(51)17-23-7-4-5-10-28(23)40)35(52)50-38(16-15-29-26(18-38)25-8-6-9-27(34(25)46-29)39(41,42)43)37(53)49-33(21(2)45)36-47-30(19-55-36)22-11-13-24(54-3)14-12-22/h4-14,20-21,30,32-33,46H,15-19H2,1-3H3,(H,48,51)(H,49,53)(H,50,52)/t20-,21-,30?,32+,33+,38-/m1/s1. The Morgan fingerprint density at radius 2 is 1.75 bits per heavy atom. The number of nitrogens with zero attached hydrogens (tertiary/aromatic N) is 1. The Kier molecular flexibility index (Phi) is 12.7. The molecule has 0 spiro atoms. The van der Waals surface area contributed by atoms with Crippen molar-refractivity contribution >= 4 is 90.6 Å². The monoisotopic (exact) mass is 1000 g/mol. The predicted octanol–water partition coefficient (Wildman–Crippen LogP) is 7.42. The summed E-state index contributed by atoms with van der Waals surface area (Å²) in [5.74, 6) is -0.931. The molecule has 4 N–H and O–H groups in total. The minimum Gasteiger partial charge on any atom is -0.497 e. The number of benzene rings is 3. The third-order valence-electron chi connectivity index (χ3n) is 9.96. The van der Waals surface area contributed by atoms with E-state index in [0.717, 1.165) is 22.4 Å². The Bertz CT molecular complexity index is 2110. The Labute approximate surface area is 347 Å². The molecule has 3 amide bonds. The van der Waals surface area contributed by atoms with E-state index in [-0.39, 0.29) is 46.7 Å². The highest BCUT2D eigenvalue weighted by Crippen LogP contribution is 2.41. The van der Waals surface area contributed by atoms with E-state index in [1.807, 2.05) is 53.8 Å². The molecular formula is C39H39F4I2N5O4S. The highest BCUT2D eigenvalue weighted by Gasteiger charge is 2.47. The summed E-state index contributed by atoms with van der Waals surface area (Å²) in [6.45, 7) is 3.66. The zero-order valence-electron chi connectivity index (χ0n) is 30.0. The molecule has 1 unspecified atom stereocenters. The van der Waals surface area contributed by atoms with Crippen LogP contribution >= 0.6 is 56.9 Å². The molecule has 0 saturated carbocycles. The molecule has 55 heavy (non-hydrogen) atoms. The van der Waals surface area contributed by atoms with Crippen LogP contribution in [0.3, 0.4) is 0 Å². The van der Waals surface area contributed by atoms with Gasteiger partial charge in [-0.05, 0) is 53.8 Å². The lowest BCUT2D eigenvalue weighted by molar-refractivity contribution is -0.136. The van der Waals surface area contributed by atoms with Gasteiger partial charge in [-0.3, -0.25) is 19.4 Å². The maximum absolute atomic E-state index is 14.8. The van der Waals surface area contributed by atoms with Gasteiger partial charge in [0.25, 0.3) is 0 Å². The Hall–Kier alpha value is -3.39. The van der Waals surface area contributed by atoms with Crippen molar-refractivity contribution in [3.63, 3.8) is 0 Å². The van der Waals surface area contributed by atoms with Crippen molar-refractivity contribution < 1.29 is 36.7 Å². The van der Waals surface area contributed by atoms with E-state index in [9.17, 15) is 31.9 Å². The van der Waals surface area contributed by atoms with Crippen molar-refractivity contribution in [2.45, 2.75) is 77.2 Å². The van der Waals surface area contributed by atoms with Crippen LogP contribution < -0.4 is 20.7 Å². The molecule has 6 rings (SSSR count). The van der Waals surface area contributed by atoms with E-state index >= 15 is 0 Å². The fraction of sp³-hybridized carbons (Fsp3) is 0.385. The van der Waals surface area contributed by atoms with E-state index in [4.69, 9.17) is 9.73 Å². The number of aryl methyl sites for hydroxylation is 1. The van der Waals surface area contributed by atoms with Crippen LogP contribution in [0.25, 0.3) is 10.9 Å². The lowest BCUT2D eigenvalue weighted by Gasteiger charge is -2.39. The number of carbonyl (C=O) groups excluding carboxylic acids is 3. The molecular weight excluding hydrogens is 964 g/mol. The van der Waals surface area contributed by atoms with E-state index in [2.05, 4.69) is 43.5 Å². The van der Waals surface area contributed by atoms with E-state index < -0.39 is 56.8 Å². The summed E-state index contributed by atoms with van der Waals surface area (Å²) in [6.07, 6.45) is -4.80. The van der Waals surface area contributed by atoms with Gasteiger partial charge >= 0.3 is 6.18 Å². The second kappa shape index (κ2) is 17.0. The first-order valence-electron chi connectivity index (χ1n) is 17.6. The molecule has 0 bridgehead atoms. The number of ether oxygens (including phenoxy) is 1. The van der Waals surface area contributed by atoms with Crippen LogP contribution in [0.2, 0.25) is 0 Å². The summed E-state index contributed by atoms with van der Waals surface area (Å²) in [5, 5.41) is 9.88. The quantitative estimate of drug-likeness (QED) is 0.0669. The van der Waals surface area contributed by atoms with Crippen molar-refractivity contribution in [2.75, 3.05) is 12.9 Å². The van der Waals surface area contributed by atoms with E-state index in [1.54, 1.807) is 26.2 Å². The normalized spacial score (nSPS) is 20.5. The van der Waals surface area contributed by atoms with Gasteiger partial charge in [0, 0.05) is 31.1 Å². The molecule has 2 aliphatic rings. The molecule has 0 saturated heterocycles. The predicted molar refractivity (Wildman–Crippen MR) is 223 cm³/mol. The highest BCUT2D eigenvalue weighted by atomic mass is 127. The van der Waals surface area contributed by atoms with Crippen LogP contribution in [0.1, 0.15) is 54.3 Å². The third-order valence-corrected chi connectivity index (χ3v) is 12.5. The largest absolute Gasteiger partial charge is 0.497 e. The van der Waals surface area contributed by atoms with Crippen molar-refractivity contribution in [2.24, 2.45) is 4.99 Å². The number of alkyl halides is 5. The van der Waals surface area contributed by atoms with Crippen molar-refractivity contribution in [3.05, 3.63) is 100 Å². The number of rotatable bonds is 12. The molecule has 0 fully saturated rings. The van der Waals surface area contributed by atoms with Gasteiger partial charge in [-0.25, -0.2) is 4.39 Å². The summed E-state index contributed by atoms with van der Waals surface area (Å²) in [5.41, 5.74) is -0.315. The molecule has 1 aliphatic carbocycles. The van der Waals surface area contributed by atoms with Crippen LogP contribution in [0.4, 0.5) is 17.6 Å². The lowest BCUT2D eigenvalue weighted by atomic mass is 9.78. The SMILES string of the molecule is COc1ccc(C2CSC([C@@H](NC(=O)[C@@]3(NC(=O)[C@@H](NC(=O)Cc4ccccc4F)[C@@H](C)I)CCc4[nH]c5c(C(F)(F)F)cccc5c4C3)[C@@H](C)I)=N2)cc1. The molecule has 3 aromatic carbocycles. The number of amides is 3. The molecule has 4 aromatic rings. The van der Waals surface area contributed by atoms with E-state index in [0.29, 0.717) is 22.4 Å². The number of hydrogen-bond acceptors (Lipinski definition) is 6. The minimum atomic E-state index is -4.62. The summed E-state index contributed by atoms with van der Waals surface area (Å²) >= 11 is 5.76. The highest BCUT2D eigenvalue weighted by molar-refractivity contribution is 14.1. The first-order valence-corrected chi connectivity index (χ1v) is 21.1. The fourth-order valence-corrected chi connectivity index (χ4v) is 9.53. The van der Waals surface area contributed by atoms with Crippen LogP contribution in [-0.2, 0) is 39.8 Å². The number of H-pyrrole nitrogens is 1. The van der Waals surface area contributed by atoms with E-state index in [1.165, 1.54) is 36.0 Å². The number of halogens is 6. The van der Waals surface area contributed by atoms with Gasteiger partial charge in [0.15, 0.2) is 0 Å². The van der Waals surface area contributed by atoms with Crippen molar-refractivity contribution in [1.29, 1.82) is 0 Å². The Balaban J connectivity index is 1.32. The Morgan fingerprint density at radius 3 is 2.40 bits per heavy atom. The Morgan fingerprint density at radius 1 is 1.02 bits per heavy atom. The summed E-state index contributed by atoms with van der Waals surface area (Å²) in [7, 11) is 1.60. The molecule has 9 nitrogen and oxygen atoms in total. The molecule has 6 atom stereocenters. The van der Waals surface area contributed by atoms with Crippen LogP contribution in [0, 0.1) is 5.82 Å². The first-order chi connectivity index (χ1) is 26.1. The summed E-state index contributed by atoms with van der Waals surface area (Å²) in [4.78, 5) is 50.2. The van der Waals surface area contributed by atoms with Gasteiger partial charge in [0.2, 0.25) is 17.7 Å². The van der Waals surface area contributed by atoms with Gasteiger partial charge in [0.05, 0.1) is 41.7 Å². The van der Waals surface area contributed by atoms with Crippen LogP contribution in [-0.4, -0.2) is 66.1 Å². The average Bonchev–Trinajstić information content (AvgIpc) is 3.78. The van der Waals surface area contributed by atoms with Crippen LogP contribution in [0.5, 0.6) is 5.75 Å². The number of fused-ring (bicyclic) bond motifs is 3. The number of aromatic amines is 1. The lowest BCUT2D eigenvalue weighted by Crippen LogP contribution is -2.67. The molecule has 292 valence electrons. The molecule has 1 aromatic heterocycles. The zero-order valence-corrected chi connectivity index (χ0v) is 35.2. The van der Waals surface area contributed by atoms with Gasteiger partial charge in [0.1, 0.15) is 23.1 Å². The fourth-order valence-electron chi connectivity index (χ4n) is 7.02. The second-order valence-electron chi connectivity index (χ2n) is 13.7. The third kappa shape index (κ3) is 9.10. The van der Waals surface area contributed by atoms with Gasteiger partial charge in [-0.1, -0.05) is 101 Å². The number of aromatic nitrogens is 1. The van der Waals surface area contributed by atoms with Gasteiger partial charge < -0.3 is 25.7 Å². The van der Waals surface area contributed by atoms with Gasteiger partial charge in [-0.15, -0.1) is 11.8 Å². The molecule has 0 radical (unpaired) electrons. The zero-order chi connectivity index (χ0) is 39.7. The maximum Gasteiger partial charge on any atom is 0.418 e. The first kappa shape index (κ1) is 41.2. The number of thioether (sulfide) groups is 1. The topological polar surface area (TPSA) is 125 Å². The van der Waals surface area contributed by atoms with Gasteiger partial charge in [-0.2, -0.15) is 13.2 Å². The molecule has 1 aliphatic heterocycles.